The van der Waals surface area contributed by atoms with Crippen molar-refractivity contribution in [1.82, 2.24) is 0 Å². The zero-order valence-electron chi connectivity index (χ0n) is 15.3. The van der Waals surface area contributed by atoms with Crippen molar-refractivity contribution in [3.63, 3.8) is 0 Å². The molecule has 8 heteroatoms. The largest absolute Gasteiger partial charge is 0.496 e. The summed E-state index contributed by atoms with van der Waals surface area (Å²) in [5.74, 6) is 0.485. The molecule has 0 bridgehead atoms. The van der Waals surface area contributed by atoms with Crippen LogP contribution in [0.25, 0.3) is 6.08 Å². The number of carbonyl (C=O) groups excluding carboxylic acids is 2. The predicted octanol–water partition coefficient (Wildman–Crippen LogP) is 3.74. The molecule has 0 atom stereocenters. The number of carbonyl (C=O) groups is 2. The Balaban J connectivity index is 1.91. The van der Waals surface area contributed by atoms with Gasteiger partial charge in [-0.25, -0.2) is 9.79 Å². The van der Waals surface area contributed by atoms with E-state index < -0.39 is 11.9 Å². The smallest absolute Gasteiger partial charge is 0.363 e. The Morgan fingerprint density at radius 3 is 2.43 bits per heavy atom. The summed E-state index contributed by atoms with van der Waals surface area (Å²) in [6.45, 7) is 1.30. The molecule has 2 aromatic rings. The van der Waals surface area contributed by atoms with Crippen molar-refractivity contribution < 1.29 is 28.5 Å². The summed E-state index contributed by atoms with van der Waals surface area (Å²) in [5.41, 5.74) is 1.41. The number of halogens is 1. The number of nitrogens with zero attached hydrogens (tertiary/aromatic N) is 1. The molecule has 0 saturated carbocycles. The quantitative estimate of drug-likeness (QED) is 0.396. The summed E-state index contributed by atoms with van der Waals surface area (Å²) in [6, 6.07) is 10.1. The molecule has 0 N–H and O–H groups in total. The first kappa shape index (κ1) is 19.6. The van der Waals surface area contributed by atoms with E-state index in [1.807, 2.05) is 0 Å². The first-order chi connectivity index (χ1) is 13.4. The highest BCUT2D eigenvalue weighted by Crippen LogP contribution is 2.31. The highest BCUT2D eigenvalue weighted by molar-refractivity contribution is 9.10. The van der Waals surface area contributed by atoms with Gasteiger partial charge in [0.15, 0.2) is 17.2 Å². The van der Waals surface area contributed by atoms with Crippen LogP contribution in [0.15, 0.2) is 51.6 Å². The Hall–Kier alpha value is -3.13. The lowest BCUT2D eigenvalue weighted by Gasteiger charge is -2.08. The minimum atomic E-state index is -0.565. The number of ether oxygens (including phenoxy) is 4. The number of rotatable bonds is 5. The van der Waals surface area contributed by atoms with E-state index in [1.165, 1.54) is 14.0 Å². The maximum atomic E-state index is 12.2. The molecule has 0 aliphatic carbocycles. The Morgan fingerprint density at radius 2 is 1.79 bits per heavy atom. The van der Waals surface area contributed by atoms with Gasteiger partial charge in [-0.15, -0.1) is 0 Å². The van der Waals surface area contributed by atoms with Crippen LogP contribution in [0.4, 0.5) is 0 Å². The van der Waals surface area contributed by atoms with Gasteiger partial charge in [0.1, 0.15) is 5.75 Å². The van der Waals surface area contributed by atoms with Crippen molar-refractivity contribution in [2.45, 2.75) is 6.92 Å². The number of esters is 2. The second-order valence-electron chi connectivity index (χ2n) is 5.69. The highest BCUT2D eigenvalue weighted by Gasteiger charge is 2.25. The minimum Gasteiger partial charge on any atom is -0.496 e. The molecule has 0 radical (unpaired) electrons. The first-order valence-electron chi connectivity index (χ1n) is 8.14. The molecule has 1 heterocycles. The molecular formula is C20H16BrNO6. The average molecular weight is 446 g/mol. The normalized spacial score (nSPS) is 14.5. The predicted molar refractivity (Wildman–Crippen MR) is 106 cm³/mol. The molecular weight excluding hydrogens is 430 g/mol. The molecule has 0 saturated heterocycles. The first-order valence-corrected chi connectivity index (χ1v) is 8.93. The Kier molecular flexibility index (Phi) is 5.79. The van der Waals surface area contributed by atoms with Crippen LogP contribution in [0.1, 0.15) is 18.1 Å². The van der Waals surface area contributed by atoms with Gasteiger partial charge < -0.3 is 18.9 Å². The standard InChI is InChI=1S/C20H16BrNO6/c1-11(23)27-17-6-4-12(9-18(17)26-3)8-15-20(24)28-19(22-15)13-5-7-16(25-2)14(21)10-13/h4-10H,1-3H3. The van der Waals surface area contributed by atoms with Gasteiger partial charge in [0.25, 0.3) is 0 Å². The fraction of sp³-hybridized carbons (Fsp3) is 0.150. The van der Waals surface area contributed by atoms with Crippen molar-refractivity contribution in [3.05, 3.63) is 57.7 Å². The third kappa shape index (κ3) is 4.23. The van der Waals surface area contributed by atoms with Gasteiger partial charge >= 0.3 is 11.9 Å². The Morgan fingerprint density at radius 1 is 1.07 bits per heavy atom. The summed E-state index contributed by atoms with van der Waals surface area (Å²) in [7, 11) is 3.02. The van der Waals surface area contributed by atoms with Crippen molar-refractivity contribution in [3.8, 4) is 17.2 Å². The second kappa shape index (κ2) is 8.26. The molecule has 28 heavy (non-hydrogen) atoms. The van der Waals surface area contributed by atoms with E-state index in [9.17, 15) is 9.59 Å². The summed E-state index contributed by atoms with van der Waals surface area (Å²) < 4.78 is 21.5. The maximum Gasteiger partial charge on any atom is 0.363 e. The summed E-state index contributed by atoms with van der Waals surface area (Å²) in [5, 5.41) is 0. The Labute approximate surface area is 169 Å². The molecule has 7 nitrogen and oxygen atoms in total. The molecule has 0 aromatic heterocycles. The van der Waals surface area contributed by atoms with E-state index in [1.54, 1.807) is 49.6 Å². The zero-order valence-corrected chi connectivity index (χ0v) is 16.9. The SMILES string of the molecule is COc1ccc(C2=NC(=Cc3ccc(OC(C)=O)c(OC)c3)C(=O)O2)cc1Br. The van der Waals surface area contributed by atoms with E-state index in [0.717, 1.165) is 4.47 Å². The maximum absolute atomic E-state index is 12.2. The van der Waals surface area contributed by atoms with Crippen LogP contribution in [0, 0.1) is 0 Å². The molecule has 144 valence electrons. The number of hydrogen-bond acceptors (Lipinski definition) is 7. The van der Waals surface area contributed by atoms with Gasteiger partial charge in [-0.3, -0.25) is 4.79 Å². The topological polar surface area (TPSA) is 83.4 Å². The van der Waals surface area contributed by atoms with Gasteiger partial charge in [0.2, 0.25) is 5.90 Å². The second-order valence-corrected chi connectivity index (χ2v) is 6.54. The van der Waals surface area contributed by atoms with E-state index in [0.29, 0.717) is 28.4 Å². The van der Waals surface area contributed by atoms with Crippen LogP contribution < -0.4 is 14.2 Å². The zero-order chi connectivity index (χ0) is 20.3. The highest BCUT2D eigenvalue weighted by atomic mass is 79.9. The molecule has 1 aliphatic rings. The lowest BCUT2D eigenvalue weighted by molar-refractivity contribution is -0.132. The average Bonchev–Trinajstić information content (AvgIpc) is 3.03. The molecule has 2 aromatic carbocycles. The summed E-state index contributed by atoms with van der Waals surface area (Å²) in [4.78, 5) is 27.6. The van der Waals surface area contributed by atoms with Crippen LogP contribution >= 0.6 is 15.9 Å². The van der Waals surface area contributed by atoms with E-state index in [4.69, 9.17) is 18.9 Å². The molecule has 0 unspecified atom stereocenters. The van der Waals surface area contributed by atoms with E-state index in [-0.39, 0.29) is 11.6 Å². The molecule has 3 rings (SSSR count). The van der Waals surface area contributed by atoms with Gasteiger partial charge in [0, 0.05) is 12.5 Å². The number of methoxy groups -OCH3 is 2. The van der Waals surface area contributed by atoms with Gasteiger partial charge in [-0.2, -0.15) is 0 Å². The van der Waals surface area contributed by atoms with Gasteiger partial charge in [0.05, 0.1) is 18.7 Å². The number of aliphatic imine (C=N–C) groups is 1. The minimum absolute atomic E-state index is 0.143. The van der Waals surface area contributed by atoms with Crippen LogP contribution in [-0.4, -0.2) is 32.1 Å². The van der Waals surface area contributed by atoms with Gasteiger partial charge in [-0.1, -0.05) is 6.07 Å². The summed E-state index contributed by atoms with van der Waals surface area (Å²) in [6.07, 6.45) is 1.56. The van der Waals surface area contributed by atoms with Crippen molar-refractivity contribution in [2.24, 2.45) is 4.99 Å². The van der Waals surface area contributed by atoms with Crippen molar-refractivity contribution in [2.75, 3.05) is 14.2 Å². The van der Waals surface area contributed by atoms with Crippen LogP contribution in [0.2, 0.25) is 0 Å². The van der Waals surface area contributed by atoms with Gasteiger partial charge in [-0.05, 0) is 57.9 Å². The fourth-order valence-corrected chi connectivity index (χ4v) is 3.04. The number of cyclic esters (lactones) is 1. The lowest BCUT2D eigenvalue weighted by atomic mass is 10.1. The third-order valence-corrected chi connectivity index (χ3v) is 4.38. The number of benzene rings is 2. The summed E-state index contributed by atoms with van der Waals surface area (Å²) >= 11 is 3.39. The van der Waals surface area contributed by atoms with Crippen molar-refractivity contribution in [1.29, 1.82) is 0 Å². The number of hydrogen-bond donors (Lipinski definition) is 0. The third-order valence-electron chi connectivity index (χ3n) is 3.76. The lowest BCUT2D eigenvalue weighted by Crippen LogP contribution is -2.05. The Bertz CT molecular complexity index is 1010. The molecule has 0 spiro atoms. The van der Waals surface area contributed by atoms with Crippen molar-refractivity contribution >= 4 is 39.8 Å². The van der Waals surface area contributed by atoms with Crippen LogP contribution in [-0.2, 0) is 14.3 Å². The fourth-order valence-electron chi connectivity index (χ4n) is 2.50. The molecule has 0 amide bonds. The van der Waals surface area contributed by atoms with Crippen LogP contribution in [0.5, 0.6) is 17.2 Å². The monoisotopic (exact) mass is 445 g/mol. The van der Waals surface area contributed by atoms with Crippen LogP contribution in [0.3, 0.4) is 0 Å². The molecule has 0 fully saturated rings. The van der Waals surface area contributed by atoms with E-state index >= 15 is 0 Å². The van der Waals surface area contributed by atoms with E-state index in [2.05, 4.69) is 20.9 Å². The molecule has 1 aliphatic heterocycles.